The number of amides is 1. The molecule has 0 saturated carbocycles. The fourth-order valence-corrected chi connectivity index (χ4v) is 2.91. The highest BCUT2D eigenvalue weighted by Crippen LogP contribution is 2.30. The third-order valence-electron chi connectivity index (χ3n) is 2.91. The van der Waals surface area contributed by atoms with Gasteiger partial charge >= 0.3 is 0 Å². The second-order valence-electron chi connectivity index (χ2n) is 4.90. The molecule has 1 aromatic rings. The normalized spacial score (nSPS) is 11.8. The predicted octanol–water partition coefficient (Wildman–Crippen LogP) is 2.90. The van der Waals surface area contributed by atoms with Crippen LogP contribution in [-0.4, -0.2) is 31.8 Å². The Morgan fingerprint density at radius 2 is 1.90 bits per heavy atom. The van der Waals surface area contributed by atoms with Crippen molar-refractivity contribution in [1.82, 2.24) is 4.90 Å². The SMILES string of the molecule is CCCN(C(=O)c1cc(S(N)(=O)=O)cc(Cl)c1Cl)C(C)C. The van der Waals surface area contributed by atoms with E-state index in [0.29, 0.717) is 6.54 Å². The molecule has 0 aliphatic rings. The van der Waals surface area contributed by atoms with E-state index in [1.807, 2.05) is 20.8 Å². The molecular weight excluding hydrogens is 335 g/mol. The summed E-state index contributed by atoms with van der Waals surface area (Å²) >= 11 is 12.0. The van der Waals surface area contributed by atoms with Crippen LogP contribution in [0.15, 0.2) is 17.0 Å². The van der Waals surface area contributed by atoms with Crippen molar-refractivity contribution < 1.29 is 13.2 Å². The summed E-state index contributed by atoms with van der Waals surface area (Å²) in [5, 5.41) is 5.09. The zero-order chi connectivity index (χ0) is 16.4. The van der Waals surface area contributed by atoms with E-state index >= 15 is 0 Å². The lowest BCUT2D eigenvalue weighted by Gasteiger charge is -2.27. The van der Waals surface area contributed by atoms with Crippen LogP contribution < -0.4 is 5.14 Å². The van der Waals surface area contributed by atoms with Gasteiger partial charge in [0.1, 0.15) is 0 Å². The van der Waals surface area contributed by atoms with Gasteiger partial charge in [-0.3, -0.25) is 4.79 Å². The van der Waals surface area contributed by atoms with Gasteiger partial charge in [-0.05, 0) is 32.4 Å². The van der Waals surface area contributed by atoms with Gasteiger partial charge < -0.3 is 4.90 Å². The number of sulfonamides is 1. The number of rotatable bonds is 5. The summed E-state index contributed by atoms with van der Waals surface area (Å²) in [4.78, 5) is 13.9. The maximum atomic E-state index is 12.6. The molecule has 0 unspecified atom stereocenters. The van der Waals surface area contributed by atoms with Crippen molar-refractivity contribution in [3.05, 3.63) is 27.7 Å². The van der Waals surface area contributed by atoms with Gasteiger partial charge in [-0.25, -0.2) is 13.6 Å². The van der Waals surface area contributed by atoms with Crippen molar-refractivity contribution in [2.45, 2.75) is 38.1 Å². The zero-order valence-corrected chi connectivity index (χ0v) is 14.4. The molecule has 5 nitrogen and oxygen atoms in total. The van der Waals surface area contributed by atoms with Gasteiger partial charge in [0, 0.05) is 12.6 Å². The molecular formula is C13H18Cl2N2O3S. The van der Waals surface area contributed by atoms with Gasteiger partial charge in [-0.1, -0.05) is 30.1 Å². The van der Waals surface area contributed by atoms with Gasteiger partial charge in [0.15, 0.2) is 0 Å². The van der Waals surface area contributed by atoms with E-state index < -0.39 is 10.0 Å². The molecule has 0 radical (unpaired) electrons. The molecule has 0 aliphatic heterocycles. The van der Waals surface area contributed by atoms with Crippen LogP contribution in [0.1, 0.15) is 37.6 Å². The topological polar surface area (TPSA) is 80.5 Å². The molecule has 0 heterocycles. The van der Waals surface area contributed by atoms with Crippen molar-refractivity contribution in [2.75, 3.05) is 6.54 Å². The van der Waals surface area contributed by atoms with E-state index in [4.69, 9.17) is 28.3 Å². The van der Waals surface area contributed by atoms with Crippen molar-refractivity contribution in [3.63, 3.8) is 0 Å². The fraction of sp³-hybridized carbons (Fsp3) is 0.462. The number of carbonyl (C=O) groups is 1. The maximum Gasteiger partial charge on any atom is 0.255 e. The number of hydrogen-bond donors (Lipinski definition) is 1. The minimum atomic E-state index is -3.97. The summed E-state index contributed by atoms with van der Waals surface area (Å²) in [7, 11) is -3.97. The van der Waals surface area contributed by atoms with Crippen LogP contribution in [0.3, 0.4) is 0 Å². The lowest BCUT2D eigenvalue weighted by molar-refractivity contribution is 0.0706. The first-order valence-electron chi connectivity index (χ1n) is 6.42. The molecule has 0 atom stereocenters. The van der Waals surface area contributed by atoms with Crippen LogP contribution >= 0.6 is 23.2 Å². The van der Waals surface area contributed by atoms with Gasteiger partial charge in [0.25, 0.3) is 5.91 Å². The standard InChI is InChI=1S/C13H18Cl2N2O3S/c1-4-5-17(8(2)3)13(18)10-6-9(21(16,19)20)7-11(14)12(10)15/h6-8H,4-5H2,1-3H3,(H2,16,19,20). The second kappa shape index (κ2) is 6.96. The molecule has 8 heteroatoms. The Morgan fingerprint density at radius 1 is 1.33 bits per heavy atom. The fourth-order valence-electron chi connectivity index (χ4n) is 1.87. The number of nitrogens with zero attached hydrogens (tertiary/aromatic N) is 1. The molecule has 21 heavy (non-hydrogen) atoms. The molecule has 0 fully saturated rings. The first kappa shape index (κ1) is 18.2. The molecule has 1 rings (SSSR count). The van der Waals surface area contributed by atoms with E-state index in [1.165, 1.54) is 0 Å². The summed E-state index contributed by atoms with van der Waals surface area (Å²) in [6.45, 7) is 6.21. The zero-order valence-electron chi connectivity index (χ0n) is 12.1. The Balaban J connectivity index is 3.41. The lowest BCUT2D eigenvalue weighted by atomic mass is 10.1. The Bertz CT molecular complexity index is 645. The summed E-state index contributed by atoms with van der Waals surface area (Å²) in [6.07, 6.45) is 0.768. The molecule has 1 aromatic carbocycles. The van der Waals surface area contributed by atoms with Crippen LogP contribution in [0.4, 0.5) is 0 Å². The molecule has 1 amide bonds. The van der Waals surface area contributed by atoms with Gasteiger partial charge in [-0.15, -0.1) is 0 Å². The Kier molecular flexibility index (Phi) is 6.04. The highest BCUT2D eigenvalue weighted by atomic mass is 35.5. The molecule has 0 spiro atoms. The monoisotopic (exact) mass is 352 g/mol. The smallest absolute Gasteiger partial charge is 0.255 e. The minimum absolute atomic E-state index is 0.0215. The van der Waals surface area contributed by atoms with E-state index in [1.54, 1.807) is 4.90 Å². The van der Waals surface area contributed by atoms with Gasteiger partial charge in [0.05, 0.1) is 20.5 Å². The number of carbonyl (C=O) groups excluding carboxylic acids is 1. The highest BCUT2D eigenvalue weighted by Gasteiger charge is 2.24. The van der Waals surface area contributed by atoms with Crippen LogP contribution in [0.2, 0.25) is 10.0 Å². The van der Waals surface area contributed by atoms with Crippen molar-refractivity contribution in [2.24, 2.45) is 5.14 Å². The first-order valence-corrected chi connectivity index (χ1v) is 8.72. The molecule has 0 saturated heterocycles. The predicted molar refractivity (Wildman–Crippen MR) is 84.3 cm³/mol. The molecule has 0 aliphatic carbocycles. The largest absolute Gasteiger partial charge is 0.336 e. The highest BCUT2D eigenvalue weighted by molar-refractivity contribution is 7.89. The van der Waals surface area contributed by atoms with Crippen LogP contribution in [0.25, 0.3) is 0 Å². The summed E-state index contributed by atoms with van der Waals surface area (Å²) in [6, 6.07) is 2.25. The average Bonchev–Trinajstić information content (AvgIpc) is 2.36. The minimum Gasteiger partial charge on any atom is -0.336 e. The lowest BCUT2D eigenvalue weighted by Crippen LogP contribution is -2.37. The van der Waals surface area contributed by atoms with E-state index in [2.05, 4.69) is 0 Å². The van der Waals surface area contributed by atoms with Crippen molar-refractivity contribution in [3.8, 4) is 0 Å². The average molecular weight is 353 g/mol. The van der Waals surface area contributed by atoms with Crippen molar-refractivity contribution >= 4 is 39.1 Å². The second-order valence-corrected chi connectivity index (χ2v) is 7.25. The summed E-state index contributed by atoms with van der Waals surface area (Å²) < 4.78 is 22.9. The quantitative estimate of drug-likeness (QED) is 0.884. The van der Waals surface area contributed by atoms with E-state index in [9.17, 15) is 13.2 Å². The van der Waals surface area contributed by atoms with Crippen LogP contribution in [0, 0.1) is 0 Å². The van der Waals surface area contributed by atoms with Gasteiger partial charge in [0.2, 0.25) is 10.0 Å². The van der Waals surface area contributed by atoms with Crippen molar-refractivity contribution in [1.29, 1.82) is 0 Å². The Morgan fingerprint density at radius 3 is 2.33 bits per heavy atom. The third kappa shape index (κ3) is 4.32. The van der Waals surface area contributed by atoms with Crippen LogP contribution in [-0.2, 0) is 10.0 Å². The summed E-state index contributed by atoms with van der Waals surface area (Å²) in [5.41, 5.74) is 0.0374. The molecule has 0 bridgehead atoms. The molecule has 2 N–H and O–H groups in total. The molecule has 0 aromatic heterocycles. The Labute approximate surface area is 135 Å². The number of benzene rings is 1. The Hall–Kier alpha value is -0.820. The number of hydrogen-bond acceptors (Lipinski definition) is 3. The third-order valence-corrected chi connectivity index (χ3v) is 4.60. The molecule has 118 valence electrons. The van der Waals surface area contributed by atoms with Crippen LogP contribution in [0.5, 0.6) is 0 Å². The van der Waals surface area contributed by atoms with E-state index in [-0.39, 0.29) is 32.5 Å². The van der Waals surface area contributed by atoms with Gasteiger partial charge in [-0.2, -0.15) is 0 Å². The maximum absolute atomic E-state index is 12.6. The number of halogens is 2. The first-order chi connectivity index (χ1) is 9.59. The number of nitrogens with two attached hydrogens (primary N) is 1. The summed E-state index contributed by atoms with van der Waals surface area (Å²) in [5.74, 6) is -0.371. The number of primary sulfonamides is 1. The van der Waals surface area contributed by atoms with E-state index in [0.717, 1.165) is 18.6 Å².